The van der Waals surface area contributed by atoms with Crippen LogP contribution in [0, 0.1) is 12.7 Å². The minimum atomic E-state index is -4.05. The molecular weight excluding hydrogens is 326 g/mol. The van der Waals surface area contributed by atoms with Gasteiger partial charge in [0.25, 0.3) is 10.0 Å². The van der Waals surface area contributed by atoms with Crippen molar-refractivity contribution in [2.24, 2.45) is 0 Å². The number of aryl methyl sites for hydroxylation is 1. The minimum Gasteiger partial charge on any atom is -0.276 e. The summed E-state index contributed by atoms with van der Waals surface area (Å²) in [7, 11) is -4.05. The lowest BCUT2D eigenvalue weighted by Gasteiger charge is -2.11. The molecule has 20 heavy (non-hydrogen) atoms. The predicted octanol–water partition coefficient (Wildman–Crippen LogP) is 3.64. The maximum absolute atomic E-state index is 13.2. The molecule has 0 atom stereocenters. The molecule has 0 amide bonds. The van der Waals surface area contributed by atoms with Crippen molar-refractivity contribution in [3.8, 4) is 0 Å². The molecule has 1 N–H and O–H groups in total. The first kappa shape index (κ1) is 15.0. The summed E-state index contributed by atoms with van der Waals surface area (Å²) in [6.07, 6.45) is 1.50. The summed E-state index contributed by atoms with van der Waals surface area (Å²) < 4.78 is 39.8. The summed E-state index contributed by atoms with van der Waals surface area (Å²) in [6.45, 7) is 1.73. The molecule has 2 rings (SSSR count). The molecule has 2 aromatic rings. The van der Waals surface area contributed by atoms with Crippen molar-refractivity contribution < 1.29 is 12.8 Å². The average Bonchev–Trinajstić information content (AvgIpc) is 2.36. The zero-order chi connectivity index (χ0) is 14.9. The zero-order valence-corrected chi connectivity index (χ0v) is 12.5. The third-order valence-electron chi connectivity index (χ3n) is 2.40. The lowest BCUT2D eigenvalue weighted by Crippen LogP contribution is -2.14. The molecule has 0 saturated carbocycles. The number of nitrogens with one attached hydrogen (secondary N) is 1. The molecule has 8 heteroatoms. The molecule has 0 aliphatic carbocycles. The van der Waals surface area contributed by atoms with Crippen molar-refractivity contribution in [1.29, 1.82) is 0 Å². The first-order valence-corrected chi connectivity index (χ1v) is 7.63. The van der Waals surface area contributed by atoms with Gasteiger partial charge in [-0.05, 0) is 36.8 Å². The highest BCUT2D eigenvalue weighted by atomic mass is 35.5. The summed E-state index contributed by atoms with van der Waals surface area (Å²) in [5, 5.41) is -0.0951. The minimum absolute atomic E-state index is 0.00768. The lowest BCUT2D eigenvalue weighted by atomic mass is 10.3. The molecule has 1 aromatic heterocycles. The van der Waals surface area contributed by atoms with Gasteiger partial charge in [0.15, 0.2) is 5.15 Å². The van der Waals surface area contributed by atoms with Crippen LogP contribution in [0.1, 0.15) is 5.56 Å². The van der Waals surface area contributed by atoms with Gasteiger partial charge in [-0.25, -0.2) is 17.8 Å². The Bertz CT molecular complexity index is 766. The van der Waals surface area contributed by atoms with Gasteiger partial charge in [-0.3, -0.25) is 4.72 Å². The Labute approximate surface area is 125 Å². The maximum Gasteiger partial charge on any atom is 0.263 e. The summed E-state index contributed by atoms with van der Waals surface area (Å²) in [5.41, 5.74) is 0.824. The number of hydrogen-bond acceptors (Lipinski definition) is 3. The highest BCUT2D eigenvalue weighted by Gasteiger charge is 2.20. The zero-order valence-electron chi connectivity index (χ0n) is 10.2. The van der Waals surface area contributed by atoms with Crippen LogP contribution in [0.3, 0.4) is 0 Å². The molecule has 0 radical (unpaired) electrons. The van der Waals surface area contributed by atoms with Crippen molar-refractivity contribution in [1.82, 2.24) is 4.98 Å². The molecule has 106 valence electrons. The molecule has 1 heterocycles. The molecule has 0 spiro atoms. The number of pyridine rings is 1. The van der Waals surface area contributed by atoms with E-state index in [1.54, 1.807) is 6.92 Å². The number of benzene rings is 1. The number of halogens is 3. The van der Waals surface area contributed by atoms with Gasteiger partial charge in [0.05, 0.1) is 10.7 Å². The fourth-order valence-electron chi connectivity index (χ4n) is 1.51. The number of sulfonamides is 1. The van der Waals surface area contributed by atoms with Gasteiger partial charge in [0, 0.05) is 6.20 Å². The fourth-order valence-corrected chi connectivity index (χ4v) is 3.28. The van der Waals surface area contributed by atoms with E-state index in [0.29, 0.717) is 0 Å². The van der Waals surface area contributed by atoms with E-state index in [2.05, 4.69) is 9.71 Å². The van der Waals surface area contributed by atoms with Crippen LogP contribution in [0.5, 0.6) is 0 Å². The Kier molecular flexibility index (Phi) is 4.17. The van der Waals surface area contributed by atoms with Crippen LogP contribution in [-0.4, -0.2) is 13.4 Å². The summed E-state index contributed by atoms with van der Waals surface area (Å²) in [5.74, 6) is -0.705. The van der Waals surface area contributed by atoms with Crippen molar-refractivity contribution in [3.63, 3.8) is 0 Å². The Morgan fingerprint density at radius 3 is 2.65 bits per heavy atom. The van der Waals surface area contributed by atoms with Crippen LogP contribution in [0.2, 0.25) is 10.2 Å². The van der Waals surface area contributed by atoms with Crippen LogP contribution in [0.15, 0.2) is 35.4 Å². The van der Waals surface area contributed by atoms with Gasteiger partial charge in [-0.2, -0.15) is 0 Å². The predicted molar refractivity (Wildman–Crippen MR) is 76.2 cm³/mol. The summed E-state index contributed by atoms with van der Waals surface area (Å²) in [6, 6.07) is 4.59. The van der Waals surface area contributed by atoms with Crippen molar-refractivity contribution in [3.05, 3.63) is 52.0 Å². The molecule has 0 saturated heterocycles. The number of nitrogens with zero attached hydrogens (tertiary/aromatic N) is 1. The molecule has 0 unspecified atom stereocenters. The van der Waals surface area contributed by atoms with Gasteiger partial charge in [-0.1, -0.05) is 23.2 Å². The van der Waals surface area contributed by atoms with E-state index in [1.807, 2.05) is 0 Å². The van der Waals surface area contributed by atoms with Crippen LogP contribution in [-0.2, 0) is 10.0 Å². The fraction of sp³-hybridized carbons (Fsp3) is 0.0833. The number of hydrogen-bond donors (Lipinski definition) is 1. The van der Waals surface area contributed by atoms with Gasteiger partial charge in [0.1, 0.15) is 10.7 Å². The van der Waals surface area contributed by atoms with Gasteiger partial charge in [0.2, 0.25) is 0 Å². The smallest absolute Gasteiger partial charge is 0.263 e. The Hall–Kier alpha value is -1.37. The first-order chi connectivity index (χ1) is 9.29. The molecule has 0 aliphatic heterocycles. The normalized spacial score (nSPS) is 11.4. The van der Waals surface area contributed by atoms with Crippen molar-refractivity contribution in [2.75, 3.05) is 4.72 Å². The van der Waals surface area contributed by atoms with E-state index in [4.69, 9.17) is 23.2 Å². The van der Waals surface area contributed by atoms with Crippen molar-refractivity contribution in [2.45, 2.75) is 11.8 Å². The van der Waals surface area contributed by atoms with Gasteiger partial charge >= 0.3 is 0 Å². The largest absolute Gasteiger partial charge is 0.276 e. The van der Waals surface area contributed by atoms with Gasteiger partial charge < -0.3 is 0 Å². The molecule has 0 fully saturated rings. The molecule has 0 aliphatic rings. The topological polar surface area (TPSA) is 59.1 Å². The van der Waals surface area contributed by atoms with E-state index in [1.165, 1.54) is 18.3 Å². The van der Waals surface area contributed by atoms with Crippen LogP contribution in [0.25, 0.3) is 0 Å². The molecule has 1 aromatic carbocycles. The summed E-state index contributed by atoms with van der Waals surface area (Å²) >= 11 is 11.6. The third-order valence-corrected chi connectivity index (χ3v) is 4.55. The molecule has 0 bridgehead atoms. The molecule has 4 nitrogen and oxygen atoms in total. The number of anilines is 1. The van der Waals surface area contributed by atoms with E-state index < -0.39 is 15.8 Å². The standard InChI is InChI=1S/C12H9Cl2FN2O2S/c1-7-4-10(12(14)16-6-7)17-20(18,19)11-5-8(15)2-3-9(11)13/h2-6,17H,1H3. The third kappa shape index (κ3) is 3.20. The Morgan fingerprint density at radius 1 is 1.25 bits per heavy atom. The van der Waals surface area contributed by atoms with E-state index in [-0.39, 0.29) is 20.8 Å². The van der Waals surface area contributed by atoms with Crippen molar-refractivity contribution >= 4 is 38.9 Å². The summed E-state index contributed by atoms with van der Waals surface area (Å²) in [4.78, 5) is 3.46. The maximum atomic E-state index is 13.2. The first-order valence-electron chi connectivity index (χ1n) is 5.39. The quantitative estimate of drug-likeness (QED) is 0.872. The van der Waals surface area contributed by atoms with Crippen LogP contribution < -0.4 is 4.72 Å². The second-order valence-electron chi connectivity index (χ2n) is 4.03. The Morgan fingerprint density at radius 2 is 1.95 bits per heavy atom. The second kappa shape index (κ2) is 5.55. The van der Waals surface area contributed by atoms with Crippen LogP contribution >= 0.6 is 23.2 Å². The highest BCUT2D eigenvalue weighted by molar-refractivity contribution is 7.92. The van der Waals surface area contributed by atoms with Gasteiger partial charge in [-0.15, -0.1) is 0 Å². The number of aromatic nitrogens is 1. The molecular formula is C12H9Cl2FN2O2S. The monoisotopic (exact) mass is 334 g/mol. The SMILES string of the molecule is Cc1cnc(Cl)c(NS(=O)(=O)c2cc(F)ccc2Cl)c1. The van der Waals surface area contributed by atoms with E-state index in [9.17, 15) is 12.8 Å². The van der Waals surface area contributed by atoms with Crippen LogP contribution in [0.4, 0.5) is 10.1 Å². The Balaban J connectivity index is 2.46. The average molecular weight is 335 g/mol. The second-order valence-corrected chi connectivity index (χ2v) is 6.45. The lowest BCUT2D eigenvalue weighted by molar-refractivity contribution is 0.595. The number of rotatable bonds is 3. The van der Waals surface area contributed by atoms with E-state index in [0.717, 1.165) is 17.7 Å². The highest BCUT2D eigenvalue weighted by Crippen LogP contribution is 2.27. The van der Waals surface area contributed by atoms with E-state index >= 15 is 0 Å².